The van der Waals surface area contributed by atoms with Crippen molar-refractivity contribution < 1.29 is 9.53 Å². The van der Waals surface area contributed by atoms with E-state index >= 15 is 0 Å². The van der Waals surface area contributed by atoms with Crippen LogP contribution >= 0.6 is 11.8 Å². The van der Waals surface area contributed by atoms with Gasteiger partial charge in [-0.2, -0.15) is 0 Å². The molecule has 4 heteroatoms. The smallest absolute Gasteiger partial charge is 0.305 e. The van der Waals surface area contributed by atoms with Gasteiger partial charge in [-0.3, -0.25) is 4.79 Å². The molecule has 0 spiro atoms. The van der Waals surface area contributed by atoms with Crippen molar-refractivity contribution in [3.63, 3.8) is 0 Å². The molecular formula is C18H21NO2S. The van der Waals surface area contributed by atoms with E-state index in [-0.39, 0.29) is 17.1 Å². The number of aromatic nitrogens is 1. The molecular weight excluding hydrogens is 294 g/mol. The fourth-order valence-electron chi connectivity index (χ4n) is 2.25. The molecule has 1 aromatic carbocycles. The average molecular weight is 315 g/mol. The summed E-state index contributed by atoms with van der Waals surface area (Å²) < 4.78 is 4.81. The lowest BCUT2D eigenvalue weighted by atomic mass is 9.97. The Labute approximate surface area is 136 Å². The van der Waals surface area contributed by atoms with Crippen LogP contribution in [0.5, 0.6) is 0 Å². The van der Waals surface area contributed by atoms with Crippen LogP contribution in [-0.4, -0.2) is 23.3 Å². The molecule has 22 heavy (non-hydrogen) atoms. The molecule has 1 heterocycles. The largest absolute Gasteiger partial charge is 0.469 e. The molecule has 0 saturated carbocycles. The minimum atomic E-state index is -0.160. The van der Waals surface area contributed by atoms with Gasteiger partial charge in [0, 0.05) is 17.9 Å². The molecule has 0 N–H and O–H groups in total. The third-order valence-electron chi connectivity index (χ3n) is 3.54. The van der Waals surface area contributed by atoms with Crippen LogP contribution in [0.3, 0.4) is 0 Å². The van der Waals surface area contributed by atoms with Crippen LogP contribution in [0.15, 0.2) is 59.8 Å². The second-order valence-corrected chi connectivity index (χ2v) is 6.53. The van der Waals surface area contributed by atoms with Gasteiger partial charge in [-0.05, 0) is 30.0 Å². The monoisotopic (exact) mass is 315 g/mol. The Hall–Kier alpha value is -1.81. The Morgan fingerprint density at radius 3 is 2.55 bits per heavy atom. The van der Waals surface area contributed by atoms with Gasteiger partial charge in [-0.15, -0.1) is 11.8 Å². The van der Waals surface area contributed by atoms with Gasteiger partial charge >= 0.3 is 5.97 Å². The van der Waals surface area contributed by atoms with E-state index in [0.29, 0.717) is 6.42 Å². The summed E-state index contributed by atoms with van der Waals surface area (Å²) in [6.07, 6.45) is 3.13. The zero-order chi connectivity index (χ0) is 15.8. The highest BCUT2D eigenvalue weighted by Gasteiger charge is 2.22. The minimum absolute atomic E-state index is 0.160. The predicted octanol–water partition coefficient (Wildman–Crippen LogP) is 3.98. The lowest BCUT2D eigenvalue weighted by Gasteiger charge is -2.22. The number of benzene rings is 1. The van der Waals surface area contributed by atoms with Crippen molar-refractivity contribution in [3.8, 4) is 0 Å². The van der Waals surface area contributed by atoms with E-state index in [1.807, 2.05) is 36.4 Å². The lowest BCUT2D eigenvalue weighted by molar-refractivity contribution is -0.141. The van der Waals surface area contributed by atoms with E-state index in [4.69, 9.17) is 4.74 Å². The van der Waals surface area contributed by atoms with Gasteiger partial charge in [0.1, 0.15) is 0 Å². The molecule has 2 rings (SSSR count). The highest BCUT2D eigenvalue weighted by molar-refractivity contribution is 7.99. The number of carbonyl (C=O) groups is 1. The summed E-state index contributed by atoms with van der Waals surface area (Å²) in [7, 11) is 1.44. The van der Waals surface area contributed by atoms with Crippen molar-refractivity contribution in [1.29, 1.82) is 0 Å². The van der Waals surface area contributed by atoms with Gasteiger partial charge in [-0.25, -0.2) is 4.98 Å². The van der Waals surface area contributed by atoms with E-state index in [2.05, 4.69) is 24.0 Å². The second kappa shape index (κ2) is 8.59. The van der Waals surface area contributed by atoms with Crippen molar-refractivity contribution in [2.45, 2.75) is 30.0 Å². The second-order valence-electron chi connectivity index (χ2n) is 5.27. The Balaban J connectivity index is 2.10. The molecule has 0 amide bonds. The van der Waals surface area contributed by atoms with E-state index in [0.717, 1.165) is 11.4 Å². The summed E-state index contributed by atoms with van der Waals surface area (Å²) in [5, 5.41) is 1.26. The highest BCUT2D eigenvalue weighted by atomic mass is 32.2. The number of methoxy groups -OCH3 is 1. The van der Waals surface area contributed by atoms with Crippen molar-refractivity contribution in [2.75, 3.05) is 7.11 Å². The molecule has 0 unspecified atom stereocenters. The fourth-order valence-corrected chi connectivity index (χ4v) is 3.45. The Morgan fingerprint density at radius 2 is 1.91 bits per heavy atom. The van der Waals surface area contributed by atoms with Gasteiger partial charge in [0.15, 0.2) is 0 Å². The van der Waals surface area contributed by atoms with Crippen LogP contribution in [0.2, 0.25) is 0 Å². The summed E-state index contributed by atoms with van der Waals surface area (Å²) in [5.74, 6) is 0.0480. The van der Waals surface area contributed by atoms with E-state index in [9.17, 15) is 4.79 Å². The standard InChI is InChI=1S/C18H21NO2S/c1-14(12-18(20)21-2)16(13-15-8-4-3-5-9-15)22-17-10-6-7-11-19-17/h3-11,14,16H,12-13H2,1-2H3/t14-,16-/m1/s1. The zero-order valence-electron chi connectivity index (χ0n) is 12.9. The number of hydrogen-bond donors (Lipinski definition) is 0. The third-order valence-corrected chi connectivity index (χ3v) is 4.96. The normalized spacial score (nSPS) is 13.4. The Morgan fingerprint density at radius 1 is 1.18 bits per heavy atom. The van der Waals surface area contributed by atoms with Gasteiger partial charge < -0.3 is 4.74 Å². The lowest BCUT2D eigenvalue weighted by Crippen LogP contribution is -2.21. The summed E-state index contributed by atoms with van der Waals surface area (Å²) in [5.41, 5.74) is 1.27. The molecule has 0 saturated heterocycles. The molecule has 0 aliphatic heterocycles. The van der Waals surface area contributed by atoms with Crippen molar-refractivity contribution in [3.05, 3.63) is 60.3 Å². The minimum Gasteiger partial charge on any atom is -0.469 e. The number of hydrogen-bond acceptors (Lipinski definition) is 4. The van der Waals surface area contributed by atoms with Gasteiger partial charge in [-0.1, -0.05) is 43.3 Å². The number of thioether (sulfide) groups is 1. The van der Waals surface area contributed by atoms with Gasteiger partial charge in [0.2, 0.25) is 0 Å². The molecule has 2 atom stereocenters. The number of rotatable bonds is 7. The van der Waals surface area contributed by atoms with E-state index < -0.39 is 0 Å². The number of nitrogens with zero attached hydrogens (tertiary/aromatic N) is 1. The quantitative estimate of drug-likeness (QED) is 0.572. The molecule has 1 aromatic heterocycles. The Bertz CT molecular complexity index is 533. The van der Waals surface area contributed by atoms with Crippen LogP contribution in [0.1, 0.15) is 18.9 Å². The molecule has 0 aliphatic carbocycles. The number of carbonyl (C=O) groups excluding carboxylic acids is 1. The summed E-state index contributed by atoms with van der Waals surface area (Å²) in [6.45, 7) is 2.10. The maximum Gasteiger partial charge on any atom is 0.305 e. The average Bonchev–Trinajstić information content (AvgIpc) is 2.56. The molecule has 116 valence electrons. The topological polar surface area (TPSA) is 39.2 Å². The zero-order valence-corrected chi connectivity index (χ0v) is 13.8. The van der Waals surface area contributed by atoms with Crippen molar-refractivity contribution in [2.24, 2.45) is 5.92 Å². The first-order valence-electron chi connectivity index (χ1n) is 7.37. The first-order chi connectivity index (χ1) is 10.7. The molecule has 0 bridgehead atoms. The SMILES string of the molecule is COC(=O)C[C@@H](C)[C@@H](Cc1ccccc1)Sc1ccccn1. The molecule has 0 aliphatic rings. The first kappa shape index (κ1) is 16.6. The number of ether oxygens (including phenoxy) is 1. The number of esters is 1. The van der Waals surface area contributed by atoms with Gasteiger partial charge in [0.05, 0.1) is 12.1 Å². The number of pyridine rings is 1. The molecule has 0 fully saturated rings. The van der Waals surface area contributed by atoms with E-state index in [1.165, 1.54) is 12.7 Å². The van der Waals surface area contributed by atoms with Crippen LogP contribution in [0, 0.1) is 5.92 Å². The summed E-state index contributed by atoms with van der Waals surface area (Å²) in [4.78, 5) is 16.0. The van der Waals surface area contributed by atoms with E-state index in [1.54, 1.807) is 18.0 Å². The first-order valence-corrected chi connectivity index (χ1v) is 8.25. The third kappa shape index (κ3) is 5.19. The van der Waals surface area contributed by atoms with Crippen LogP contribution < -0.4 is 0 Å². The predicted molar refractivity (Wildman–Crippen MR) is 89.8 cm³/mol. The van der Waals surface area contributed by atoms with Gasteiger partial charge in [0.25, 0.3) is 0 Å². The van der Waals surface area contributed by atoms with Crippen LogP contribution in [0.25, 0.3) is 0 Å². The molecule has 2 aromatic rings. The van der Waals surface area contributed by atoms with Crippen LogP contribution in [0.4, 0.5) is 0 Å². The molecule has 3 nitrogen and oxygen atoms in total. The fraction of sp³-hybridized carbons (Fsp3) is 0.333. The van der Waals surface area contributed by atoms with Crippen molar-refractivity contribution in [1.82, 2.24) is 4.98 Å². The maximum absolute atomic E-state index is 11.6. The summed E-state index contributed by atoms with van der Waals surface area (Å²) in [6, 6.07) is 16.3. The van der Waals surface area contributed by atoms with Crippen LogP contribution in [-0.2, 0) is 16.0 Å². The Kier molecular flexibility index (Phi) is 6.46. The molecule has 0 radical (unpaired) electrons. The summed E-state index contributed by atoms with van der Waals surface area (Å²) >= 11 is 1.73. The van der Waals surface area contributed by atoms with Crippen molar-refractivity contribution >= 4 is 17.7 Å². The maximum atomic E-state index is 11.6. The highest BCUT2D eigenvalue weighted by Crippen LogP contribution is 2.31.